The molecule has 1 aliphatic rings. The average molecular weight is 230 g/mol. The summed E-state index contributed by atoms with van der Waals surface area (Å²) in [5.74, 6) is 1.24. The van der Waals surface area contributed by atoms with E-state index in [1.165, 1.54) is 44.3 Å². The topological polar surface area (TPSA) is 20.2 Å². The van der Waals surface area contributed by atoms with Crippen molar-refractivity contribution < 1.29 is 5.11 Å². The van der Waals surface area contributed by atoms with Crippen LogP contribution in [0.15, 0.2) is 0 Å². The van der Waals surface area contributed by atoms with Crippen LogP contribution in [0.2, 0.25) is 0 Å². The Kier molecular flexibility index (Phi) is 6.06. The van der Waals surface area contributed by atoms with Crippen LogP contribution in [-0.4, -0.2) is 21.7 Å². The molecule has 0 spiro atoms. The van der Waals surface area contributed by atoms with Crippen molar-refractivity contribution in [3.05, 3.63) is 0 Å². The molecule has 1 rings (SSSR count). The van der Waals surface area contributed by atoms with Gasteiger partial charge in [-0.1, -0.05) is 46.0 Å². The first-order valence-corrected chi connectivity index (χ1v) is 7.58. The maximum Gasteiger partial charge on any atom is 0.0763 e. The molecule has 2 heteroatoms. The lowest BCUT2D eigenvalue weighted by Gasteiger charge is -2.37. The number of hydrogen-bond donors (Lipinski definition) is 1. The van der Waals surface area contributed by atoms with E-state index in [0.717, 1.165) is 12.8 Å². The summed E-state index contributed by atoms with van der Waals surface area (Å²) in [6, 6.07) is 0. The van der Waals surface area contributed by atoms with E-state index in [2.05, 4.69) is 13.8 Å². The van der Waals surface area contributed by atoms with Crippen LogP contribution in [0.1, 0.15) is 65.2 Å². The summed E-state index contributed by atoms with van der Waals surface area (Å²) < 4.78 is 0. The fourth-order valence-electron chi connectivity index (χ4n) is 2.36. The first kappa shape index (κ1) is 13.4. The molecule has 2 atom stereocenters. The van der Waals surface area contributed by atoms with E-state index in [0.29, 0.717) is 5.25 Å². The zero-order valence-electron chi connectivity index (χ0n) is 10.3. The van der Waals surface area contributed by atoms with Crippen molar-refractivity contribution >= 4 is 11.8 Å². The van der Waals surface area contributed by atoms with Crippen molar-refractivity contribution in [1.82, 2.24) is 0 Å². The molecule has 1 saturated heterocycles. The first-order valence-electron chi connectivity index (χ1n) is 6.53. The van der Waals surface area contributed by atoms with E-state index in [9.17, 15) is 5.11 Å². The Hall–Kier alpha value is 0.310. The van der Waals surface area contributed by atoms with E-state index in [4.69, 9.17) is 0 Å². The second-order valence-corrected chi connectivity index (χ2v) is 6.33. The van der Waals surface area contributed by atoms with E-state index in [1.54, 1.807) is 0 Å². The minimum Gasteiger partial charge on any atom is -0.389 e. The summed E-state index contributed by atoms with van der Waals surface area (Å²) in [6.07, 6.45) is 9.74. The Morgan fingerprint density at radius 2 is 2.00 bits per heavy atom. The van der Waals surface area contributed by atoms with E-state index in [1.807, 2.05) is 11.8 Å². The summed E-state index contributed by atoms with van der Waals surface area (Å²) in [6.45, 7) is 4.43. The number of aliphatic hydroxyl groups is 1. The summed E-state index contributed by atoms with van der Waals surface area (Å²) >= 11 is 1.94. The van der Waals surface area contributed by atoms with Gasteiger partial charge in [-0.05, 0) is 25.0 Å². The lowest BCUT2D eigenvalue weighted by molar-refractivity contribution is 0.0184. The largest absolute Gasteiger partial charge is 0.389 e. The third kappa shape index (κ3) is 4.36. The van der Waals surface area contributed by atoms with Crippen LogP contribution in [0, 0.1) is 0 Å². The molecule has 15 heavy (non-hydrogen) atoms. The van der Waals surface area contributed by atoms with Crippen LogP contribution >= 0.6 is 11.8 Å². The fourth-order valence-corrected chi connectivity index (χ4v) is 3.57. The van der Waals surface area contributed by atoms with Crippen molar-refractivity contribution in [2.75, 3.05) is 5.75 Å². The van der Waals surface area contributed by atoms with Gasteiger partial charge in [-0.2, -0.15) is 11.8 Å². The summed E-state index contributed by atoms with van der Waals surface area (Å²) in [4.78, 5) is 0. The maximum atomic E-state index is 10.5. The monoisotopic (exact) mass is 230 g/mol. The number of thioether (sulfide) groups is 1. The van der Waals surface area contributed by atoms with Gasteiger partial charge in [0.1, 0.15) is 0 Å². The highest BCUT2D eigenvalue weighted by molar-refractivity contribution is 8.00. The normalized spacial score (nSPS) is 31.8. The molecule has 1 nitrogen and oxygen atoms in total. The maximum absolute atomic E-state index is 10.5. The SMILES string of the molecule is CCCCCCCC1(O)CCCSC1C. The Labute approximate surface area is 99.0 Å². The Balaban J connectivity index is 2.17. The summed E-state index contributed by atoms with van der Waals surface area (Å²) in [5, 5.41) is 10.9. The third-order valence-electron chi connectivity index (χ3n) is 3.59. The van der Waals surface area contributed by atoms with Crippen molar-refractivity contribution in [3.8, 4) is 0 Å². The number of rotatable bonds is 6. The zero-order valence-corrected chi connectivity index (χ0v) is 11.1. The first-order chi connectivity index (χ1) is 7.19. The second kappa shape index (κ2) is 6.80. The number of hydrogen-bond acceptors (Lipinski definition) is 2. The van der Waals surface area contributed by atoms with Crippen LogP contribution in [0.4, 0.5) is 0 Å². The van der Waals surface area contributed by atoms with Crippen molar-refractivity contribution in [2.24, 2.45) is 0 Å². The van der Waals surface area contributed by atoms with Gasteiger partial charge in [-0.3, -0.25) is 0 Å². The third-order valence-corrected chi connectivity index (χ3v) is 5.05. The van der Waals surface area contributed by atoms with Crippen LogP contribution in [0.5, 0.6) is 0 Å². The Morgan fingerprint density at radius 1 is 1.27 bits per heavy atom. The second-order valence-electron chi connectivity index (χ2n) is 4.88. The van der Waals surface area contributed by atoms with Crippen LogP contribution in [0.3, 0.4) is 0 Å². The summed E-state index contributed by atoms with van der Waals surface area (Å²) in [5.41, 5.74) is -0.352. The van der Waals surface area contributed by atoms with Gasteiger partial charge in [-0.25, -0.2) is 0 Å². The molecule has 0 aromatic carbocycles. The summed E-state index contributed by atoms with van der Waals surface area (Å²) in [7, 11) is 0. The molecule has 0 saturated carbocycles. The Morgan fingerprint density at radius 3 is 2.67 bits per heavy atom. The minimum atomic E-state index is -0.352. The van der Waals surface area contributed by atoms with Gasteiger partial charge in [0.25, 0.3) is 0 Å². The molecule has 0 aromatic rings. The van der Waals surface area contributed by atoms with Gasteiger partial charge in [0.05, 0.1) is 5.60 Å². The van der Waals surface area contributed by atoms with Crippen LogP contribution in [-0.2, 0) is 0 Å². The molecule has 90 valence electrons. The van der Waals surface area contributed by atoms with Gasteiger partial charge >= 0.3 is 0 Å². The predicted molar refractivity (Wildman–Crippen MR) is 69.5 cm³/mol. The molecule has 1 aliphatic heterocycles. The molecule has 1 fully saturated rings. The molecule has 0 bridgehead atoms. The van der Waals surface area contributed by atoms with Crippen molar-refractivity contribution in [1.29, 1.82) is 0 Å². The van der Waals surface area contributed by atoms with Crippen molar-refractivity contribution in [3.63, 3.8) is 0 Å². The smallest absolute Gasteiger partial charge is 0.0763 e. The van der Waals surface area contributed by atoms with Crippen molar-refractivity contribution in [2.45, 2.75) is 76.1 Å². The van der Waals surface area contributed by atoms with E-state index in [-0.39, 0.29) is 5.60 Å². The average Bonchev–Trinajstić information content (AvgIpc) is 2.23. The molecule has 0 radical (unpaired) electrons. The lowest BCUT2D eigenvalue weighted by atomic mass is 9.88. The zero-order chi connectivity index (χ0) is 11.1. The predicted octanol–water partition coefficient (Wildman–Crippen LogP) is 3.99. The van der Waals surface area contributed by atoms with Gasteiger partial charge in [-0.15, -0.1) is 0 Å². The number of unbranched alkanes of at least 4 members (excludes halogenated alkanes) is 4. The van der Waals surface area contributed by atoms with Gasteiger partial charge in [0, 0.05) is 5.25 Å². The molecule has 0 aromatic heterocycles. The lowest BCUT2D eigenvalue weighted by Crippen LogP contribution is -2.41. The van der Waals surface area contributed by atoms with Gasteiger partial charge in [0.15, 0.2) is 0 Å². The van der Waals surface area contributed by atoms with E-state index < -0.39 is 0 Å². The van der Waals surface area contributed by atoms with E-state index >= 15 is 0 Å². The molecular weight excluding hydrogens is 204 g/mol. The quantitative estimate of drug-likeness (QED) is 0.696. The molecular formula is C13H26OS. The standard InChI is InChI=1S/C13H26OS/c1-3-4-5-6-7-9-13(14)10-8-11-15-12(13)2/h12,14H,3-11H2,1-2H3. The molecule has 1 heterocycles. The van der Waals surface area contributed by atoms with Crippen LogP contribution < -0.4 is 0 Å². The van der Waals surface area contributed by atoms with Gasteiger partial charge < -0.3 is 5.11 Å². The minimum absolute atomic E-state index is 0.352. The fraction of sp³-hybridized carbons (Fsp3) is 1.00. The molecule has 2 unspecified atom stereocenters. The Bertz CT molecular complexity index is 172. The van der Waals surface area contributed by atoms with Gasteiger partial charge in [0.2, 0.25) is 0 Å². The molecule has 0 aliphatic carbocycles. The highest BCUT2D eigenvalue weighted by Crippen LogP contribution is 2.37. The highest BCUT2D eigenvalue weighted by Gasteiger charge is 2.35. The van der Waals surface area contributed by atoms with Crippen LogP contribution in [0.25, 0.3) is 0 Å². The molecule has 1 N–H and O–H groups in total. The highest BCUT2D eigenvalue weighted by atomic mass is 32.2. The molecule has 0 amide bonds.